The first kappa shape index (κ1) is 24.1. The van der Waals surface area contributed by atoms with Crippen LogP contribution in [0.25, 0.3) is 0 Å². The minimum absolute atomic E-state index is 0.0287. The Bertz CT molecular complexity index is 1050. The maximum Gasteiger partial charge on any atom is 0.408 e. The summed E-state index contributed by atoms with van der Waals surface area (Å²) in [5.41, 5.74) is 0.513. The van der Waals surface area contributed by atoms with Crippen molar-refractivity contribution < 1.29 is 22.7 Å². The number of rotatable bonds is 7. The van der Waals surface area contributed by atoms with Crippen molar-refractivity contribution in [1.82, 2.24) is 19.6 Å². The van der Waals surface area contributed by atoms with Gasteiger partial charge in [-0.2, -0.15) is 0 Å². The van der Waals surface area contributed by atoms with Gasteiger partial charge in [0.15, 0.2) is 0 Å². The molecular weight excluding hydrogens is 420 g/mol. The van der Waals surface area contributed by atoms with Crippen LogP contribution in [-0.4, -0.2) is 41.0 Å². The van der Waals surface area contributed by atoms with Gasteiger partial charge < -0.3 is 15.4 Å². The molecule has 0 bridgehead atoms. The molecule has 1 atom stereocenters. The van der Waals surface area contributed by atoms with Crippen molar-refractivity contribution in [2.45, 2.75) is 57.6 Å². The van der Waals surface area contributed by atoms with Gasteiger partial charge in [0.05, 0.1) is 10.6 Å². The number of imidazole rings is 1. The van der Waals surface area contributed by atoms with E-state index < -0.39 is 33.7 Å². The molecule has 0 saturated carbocycles. The van der Waals surface area contributed by atoms with E-state index in [1.165, 1.54) is 30.9 Å². The van der Waals surface area contributed by atoms with Gasteiger partial charge in [0.25, 0.3) is 10.0 Å². The van der Waals surface area contributed by atoms with Gasteiger partial charge in [-0.05, 0) is 53.0 Å². The quantitative estimate of drug-likeness (QED) is 0.672. The summed E-state index contributed by atoms with van der Waals surface area (Å²) in [6, 6.07) is 5.42. The van der Waals surface area contributed by atoms with Gasteiger partial charge in [-0.3, -0.25) is 4.79 Å². The fourth-order valence-corrected chi connectivity index (χ4v) is 3.70. The van der Waals surface area contributed by atoms with Crippen LogP contribution < -0.4 is 10.6 Å². The third-order valence-electron chi connectivity index (χ3n) is 4.02. The first-order valence-corrected chi connectivity index (χ1v) is 11.1. The molecule has 0 spiro atoms. The molecule has 2 N–H and O–H groups in total. The molecule has 0 radical (unpaired) electrons. The highest BCUT2D eigenvalue weighted by Crippen LogP contribution is 2.15. The molecule has 2 rings (SSSR count). The van der Waals surface area contributed by atoms with Crippen molar-refractivity contribution in [3.8, 4) is 0 Å². The predicted molar refractivity (Wildman–Crippen MR) is 116 cm³/mol. The van der Waals surface area contributed by atoms with E-state index in [0.717, 1.165) is 9.54 Å². The van der Waals surface area contributed by atoms with Gasteiger partial charge in [-0.25, -0.2) is 22.2 Å². The van der Waals surface area contributed by atoms with E-state index in [0.29, 0.717) is 5.69 Å². The molecule has 2 amide bonds. The first-order valence-electron chi connectivity index (χ1n) is 9.68. The number of carbonyl (C=O) groups is 2. The molecule has 2 aromatic rings. The highest BCUT2D eigenvalue weighted by Gasteiger charge is 2.26. The number of nitrogens with zero attached hydrogens (tertiary/aromatic N) is 2. The summed E-state index contributed by atoms with van der Waals surface area (Å²) in [5, 5.41) is 5.06. The van der Waals surface area contributed by atoms with Gasteiger partial charge in [0.1, 0.15) is 18.0 Å². The molecule has 1 aromatic heterocycles. The second-order valence-corrected chi connectivity index (χ2v) is 9.77. The molecule has 0 aliphatic rings. The standard InChI is InChI=1S/C21H28N4O5S/c1-6-11-22-19(26)18(24-20(27)30-21(3,4)5)12-16-13-25(14-23-16)31(28,29)17-9-7-15(2)8-10-17/h6-11,13-14,18H,12H2,1-5H3,(H,22,26)(H,24,27)/b11-6-/t18-/m0/s1. The molecule has 0 unspecified atom stereocenters. The molecule has 0 aliphatic carbocycles. The third kappa shape index (κ3) is 6.95. The van der Waals surface area contributed by atoms with Crippen LogP contribution >= 0.6 is 0 Å². The smallest absolute Gasteiger partial charge is 0.408 e. The number of ether oxygens (including phenoxy) is 1. The summed E-state index contributed by atoms with van der Waals surface area (Å²) >= 11 is 0. The Labute approximate surface area is 182 Å². The number of nitrogens with one attached hydrogen (secondary N) is 2. The van der Waals surface area contributed by atoms with Gasteiger partial charge >= 0.3 is 6.09 Å². The summed E-state index contributed by atoms with van der Waals surface area (Å²) in [6.45, 7) is 8.72. The Hall–Kier alpha value is -3.14. The van der Waals surface area contributed by atoms with E-state index in [-0.39, 0.29) is 11.3 Å². The number of carbonyl (C=O) groups excluding carboxylic acids is 2. The van der Waals surface area contributed by atoms with Gasteiger partial charge in [-0.15, -0.1) is 0 Å². The fraction of sp³-hybridized carbons (Fsp3) is 0.381. The molecule has 31 heavy (non-hydrogen) atoms. The van der Waals surface area contributed by atoms with E-state index in [9.17, 15) is 18.0 Å². The van der Waals surface area contributed by atoms with Crippen LogP contribution in [0.4, 0.5) is 4.79 Å². The first-order chi connectivity index (χ1) is 14.4. The molecule has 9 nitrogen and oxygen atoms in total. The highest BCUT2D eigenvalue weighted by molar-refractivity contribution is 7.90. The lowest BCUT2D eigenvalue weighted by molar-refractivity contribution is -0.122. The highest BCUT2D eigenvalue weighted by atomic mass is 32.2. The van der Waals surface area contributed by atoms with Gasteiger partial charge in [0.2, 0.25) is 5.91 Å². The number of amides is 2. The zero-order valence-electron chi connectivity index (χ0n) is 18.2. The van der Waals surface area contributed by atoms with Crippen molar-refractivity contribution in [1.29, 1.82) is 0 Å². The Morgan fingerprint density at radius 2 is 1.87 bits per heavy atom. The minimum atomic E-state index is -3.82. The van der Waals surface area contributed by atoms with E-state index >= 15 is 0 Å². The predicted octanol–water partition coefficient (Wildman–Crippen LogP) is 2.51. The topological polar surface area (TPSA) is 119 Å². The number of benzene rings is 1. The number of aromatic nitrogens is 2. The third-order valence-corrected chi connectivity index (χ3v) is 5.65. The molecule has 0 saturated heterocycles. The average Bonchev–Trinajstić information content (AvgIpc) is 3.14. The minimum Gasteiger partial charge on any atom is -0.444 e. The molecule has 1 heterocycles. The number of hydrogen-bond acceptors (Lipinski definition) is 6. The zero-order chi connectivity index (χ0) is 23.2. The largest absolute Gasteiger partial charge is 0.444 e. The Morgan fingerprint density at radius 1 is 1.23 bits per heavy atom. The normalized spacial score (nSPS) is 13.1. The Morgan fingerprint density at radius 3 is 2.45 bits per heavy atom. The van der Waals surface area contributed by atoms with Crippen LogP contribution in [0.15, 0.2) is 54.0 Å². The SMILES string of the molecule is C/C=C\NC(=O)[C@H](Cc1cn(S(=O)(=O)c2ccc(C)cc2)cn1)NC(=O)OC(C)(C)C. The maximum atomic E-state index is 12.8. The summed E-state index contributed by atoms with van der Waals surface area (Å²) in [5.74, 6) is -0.486. The summed E-state index contributed by atoms with van der Waals surface area (Å²) in [6.07, 6.45) is 4.76. The van der Waals surface area contributed by atoms with Crippen LogP contribution in [0.5, 0.6) is 0 Å². The van der Waals surface area contributed by atoms with E-state index in [1.54, 1.807) is 45.9 Å². The second kappa shape index (κ2) is 9.78. The van der Waals surface area contributed by atoms with Crippen molar-refractivity contribution in [3.63, 3.8) is 0 Å². The zero-order valence-corrected chi connectivity index (χ0v) is 19.1. The lowest BCUT2D eigenvalue weighted by Gasteiger charge is -2.22. The summed E-state index contributed by atoms with van der Waals surface area (Å²) < 4.78 is 31.8. The van der Waals surface area contributed by atoms with Crippen molar-refractivity contribution in [2.24, 2.45) is 0 Å². The monoisotopic (exact) mass is 448 g/mol. The van der Waals surface area contributed by atoms with Crippen molar-refractivity contribution >= 4 is 22.0 Å². The van der Waals surface area contributed by atoms with Crippen LogP contribution in [0.2, 0.25) is 0 Å². The van der Waals surface area contributed by atoms with Gasteiger partial charge in [0, 0.05) is 12.6 Å². The number of aryl methyl sites for hydroxylation is 1. The molecule has 10 heteroatoms. The summed E-state index contributed by atoms with van der Waals surface area (Å²) in [4.78, 5) is 28.9. The number of allylic oxidation sites excluding steroid dienone is 1. The lowest BCUT2D eigenvalue weighted by Crippen LogP contribution is -2.48. The molecule has 168 valence electrons. The van der Waals surface area contributed by atoms with E-state index in [1.807, 2.05) is 6.92 Å². The van der Waals surface area contributed by atoms with Crippen LogP contribution in [0.1, 0.15) is 39.0 Å². The van der Waals surface area contributed by atoms with Crippen LogP contribution in [0.3, 0.4) is 0 Å². The molecular formula is C21H28N4O5S. The fourth-order valence-electron chi connectivity index (χ4n) is 2.55. The van der Waals surface area contributed by atoms with Crippen LogP contribution in [0, 0.1) is 6.92 Å². The van der Waals surface area contributed by atoms with E-state index in [2.05, 4.69) is 15.6 Å². The molecule has 0 fully saturated rings. The Balaban J connectivity index is 2.22. The van der Waals surface area contributed by atoms with Crippen molar-refractivity contribution in [2.75, 3.05) is 0 Å². The lowest BCUT2D eigenvalue weighted by atomic mass is 10.1. The number of hydrogen-bond donors (Lipinski definition) is 2. The van der Waals surface area contributed by atoms with E-state index in [4.69, 9.17) is 4.74 Å². The van der Waals surface area contributed by atoms with Crippen LogP contribution in [-0.2, 0) is 26.0 Å². The Kier molecular flexibility index (Phi) is 7.61. The summed E-state index contributed by atoms with van der Waals surface area (Å²) in [7, 11) is -3.82. The molecule has 0 aliphatic heterocycles. The van der Waals surface area contributed by atoms with Crippen molar-refractivity contribution in [3.05, 3.63) is 60.3 Å². The molecule has 1 aromatic carbocycles. The average molecular weight is 449 g/mol. The second-order valence-electron chi connectivity index (χ2n) is 7.92. The maximum absolute atomic E-state index is 12.8. The number of alkyl carbamates (subject to hydrolysis) is 1. The van der Waals surface area contributed by atoms with Gasteiger partial charge in [-0.1, -0.05) is 23.8 Å².